The van der Waals surface area contributed by atoms with Crippen LogP contribution in [0.1, 0.15) is 32.1 Å². The molecule has 2 amide bonds. The first-order chi connectivity index (χ1) is 15.5. The number of carbonyl (C=O) groups is 2. The van der Waals surface area contributed by atoms with E-state index in [2.05, 4.69) is 15.3 Å². The van der Waals surface area contributed by atoms with Gasteiger partial charge in [-0.1, -0.05) is 12.1 Å². The molecule has 4 rings (SSSR count). The number of H-pyrrole nitrogens is 1. The second kappa shape index (κ2) is 9.80. The average Bonchev–Trinajstić information content (AvgIpc) is 3.43. The lowest BCUT2D eigenvalue weighted by Gasteiger charge is -2.25. The number of amidine groups is 1. The van der Waals surface area contributed by atoms with Gasteiger partial charge in [0.05, 0.1) is 17.7 Å². The molecule has 170 valence electrons. The summed E-state index contributed by atoms with van der Waals surface area (Å²) in [5.74, 6) is -0.151. The summed E-state index contributed by atoms with van der Waals surface area (Å²) in [5.41, 5.74) is 1.48. The van der Waals surface area contributed by atoms with E-state index in [1.165, 1.54) is 0 Å². The van der Waals surface area contributed by atoms with Crippen LogP contribution in [-0.2, 0) is 9.59 Å². The van der Waals surface area contributed by atoms with Crippen molar-refractivity contribution in [2.75, 3.05) is 38.0 Å². The zero-order valence-corrected chi connectivity index (χ0v) is 18.0. The lowest BCUT2D eigenvalue weighted by molar-refractivity contribution is -0.463. The molecule has 10 nitrogen and oxygen atoms in total. The van der Waals surface area contributed by atoms with Crippen LogP contribution in [0.2, 0.25) is 0 Å². The highest BCUT2D eigenvalue weighted by atomic mass is 16.6. The number of hydrogen-bond donors (Lipinski definition) is 2. The zero-order chi connectivity index (χ0) is 22.5. The number of para-hydroxylation sites is 1. The van der Waals surface area contributed by atoms with Crippen molar-refractivity contribution < 1.29 is 14.5 Å². The third kappa shape index (κ3) is 5.06. The Labute approximate surface area is 185 Å². The van der Waals surface area contributed by atoms with Gasteiger partial charge in [0.15, 0.2) is 5.84 Å². The quantitative estimate of drug-likeness (QED) is 0.309. The van der Waals surface area contributed by atoms with Gasteiger partial charge >= 0.3 is 0 Å². The maximum atomic E-state index is 13.2. The molecule has 0 aliphatic carbocycles. The number of nitrogens with one attached hydrogen (secondary N) is 2. The molecule has 0 saturated carbocycles. The van der Waals surface area contributed by atoms with Gasteiger partial charge in [-0.05, 0) is 44.2 Å². The first-order valence-electron chi connectivity index (χ1n) is 11.1. The number of nitro groups is 1. The number of aromatic amines is 1. The molecule has 2 fully saturated rings. The van der Waals surface area contributed by atoms with Crippen LogP contribution < -0.4 is 5.32 Å². The summed E-state index contributed by atoms with van der Waals surface area (Å²) in [6.45, 7) is 1.51. The van der Waals surface area contributed by atoms with E-state index in [-0.39, 0.29) is 24.2 Å². The molecule has 0 bridgehead atoms. The second-order valence-corrected chi connectivity index (χ2v) is 8.30. The van der Waals surface area contributed by atoms with Crippen LogP contribution in [0, 0.1) is 10.1 Å². The number of benzene rings is 1. The Morgan fingerprint density at radius 3 is 2.75 bits per heavy atom. The van der Waals surface area contributed by atoms with E-state index in [9.17, 15) is 19.7 Å². The Morgan fingerprint density at radius 1 is 1.19 bits per heavy atom. The normalized spacial score (nSPS) is 19.9. The topological polar surface area (TPSA) is 124 Å². The Balaban J connectivity index is 1.53. The van der Waals surface area contributed by atoms with Crippen LogP contribution in [0.5, 0.6) is 0 Å². The summed E-state index contributed by atoms with van der Waals surface area (Å²) in [6, 6.07) is 6.77. The minimum atomic E-state index is -0.742. The first-order valence-corrected chi connectivity index (χ1v) is 11.1. The molecule has 2 N–H and O–H groups in total. The Kier molecular flexibility index (Phi) is 6.67. The number of aliphatic imine (C=N–C) groups is 1. The molecule has 0 spiro atoms. The van der Waals surface area contributed by atoms with Gasteiger partial charge < -0.3 is 20.1 Å². The van der Waals surface area contributed by atoms with Gasteiger partial charge in [-0.15, -0.1) is 0 Å². The van der Waals surface area contributed by atoms with Gasteiger partial charge in [-0.25, -0.2) is 0 Å². The zero-order valence-electron chi connectivity index (χ0n) is 18.0. The molecular formula is C22H28N6O4. The number of amides is 2. The van der Waals surface area contributed by atoms with Gasteiger partial charge in [0.25, 0.3) is 6.54 Å². The first kappa shape index (κ1) is 21.8. The van der Waals surface area contributed by atoms with Crippen molar-refractivity contribution >= 4 is 34.2 Å². The maximum Gasteiger partial charge on any atom is 0.260 e. The lowest BCUT2D eigenvalue weighted by atomic mass is 10.1. The molecule has 2 saturated heterocycles. The standard InChI is InChI=1S/C22H28N6O4/c29-20(26-11-3-4-12-26)15-27-13-2-1-7-18(22(27)30)25-19(14-28(31)32)24-17-8-5-6-16-9-10-23-21(16)17/h5-6,8-10,18,23H,1-4,7,11-15H2,(H,24,25)/t18-/m0/s1. The minimum absolute atomic E-state index is 0.0393. The number of fused-ring (bicyclic) bond motifs is 1. The smallest absolute Gasteiger partial charge is 0.260 e. The largest absolute Gasteiger partial charge is 0.359 e. The van der Waals surface area contributed by atoms with Gasteiger partial charge in [-0.2, -0.15) is 0 Å². The third-order valence-corrected chi connectivity index (χ3v) is 5.99. The van der Waals surface area contributed by atoms with Gasteiger partial charge in [0.1, 0.15) is 6.04 Å². The van der Waals surface area contributed by atoms with Crippen LogP contribution in [0.3, 0.4) is 0 Å². The molecule has 2 aliphatic rings. The highest BCUT2D eigenvalue weighted by Gasteiger charge is 2.30. The molecule has 2 aliphatic heterocycles. The summed E-state index contributed by atoms with van der Waals surface area (Å²) >= 11 is 0. The summed E-state index contributed by atoms with van der Waals surface area (Å²) in [7, 11) is 0. The number of hydrogen-bond acceptors (Lipinski definition) is 5. The molecule has 0 radical (unpaired) electrons. The van der Waals surface area contributed by atoms with E-state index in [1.54, 1.807) is 16.0 Å². The number of carbonyl (C=O) groups excluding carboxylic acids is 2. The van der Waals surface area contributed by atoms with E-state index in [4.69, 9.17) is 0 Å². The van der Waals surface area contributed by atoms with Crippen molar-refractivity contribution in [1.29, 1.82) is 0 Å². The summed E-state index contributed by atoms with van der Waals surface area (Å²) in [6.07, 6.45) is 5.84. The van der Waals surface area contributed by atoms with Crippen molar-refractivity contribution in [1.82, 2.24) is 14.8 Å². The van der Waals surface area contributed by atoms with E-state index in [0.29, 0.717) is 18.7 Å². The van der Waals surface area contributed by atoms with E-state index in [0.717, 1.165) is 49.7 Å². The highest BCUT2D eigenvalue weighted by molar-refractivity contribution is 6.04. The van der Waals surface area contributed by atoms with Gasteiger partial charge in [-0.3, -0.25) is 24.7 Å². The molecular weight excluding hydrogens is 412 g/mol. The Bertz CT molecular complexity index is 1030. The van der Waals surface area contributed by atoms with Gasteiger partial charge in [0.2, 0.25) is 11.8 Å². The molecule has 1 aromatic carbocycles. The number of nitrogens with zero attached hydrogens (tertiary/aromatic N) is 4. The summed E-state index contributed by atoms with van der Waals surface area (Å²) < 4.78 is 0. The number of anilines is 1. The minimum Gasteiger partial charge on any atom is -0.359 e. The SMILES string of the molecule is O=C(CN1CCCC[C@H](N=C(C[N+](=O)[O-])Nc2cccc3cc[nH]c23)C1=O)N1CCCC1. The maximum absolute atomic E-state index is 13.2. The molecule has 32 heavy (non-hydrogen) atoms. The van der Waals surface area contributed by atoms with Crippen LogP contribution >= 0.6 is 0 Å². The van der Waals surface area contributed by atoms with Crippen LogP contribution in [0.15, 0.2) is 35.5 Å². The second-order valence-electron chi connectivity index (χ2n) is 8.30. The summed E-state index contributed by atoms with van der Waals surface area (Å²) in [4.78, 5) is 47.6. The van der Waals surface area contributed by atoms with E-state index >= 15 is 0 Å². The van der Waals surface area contributed by atoms with Crippen molar-refractivity contribution in [2.24, 2.45) is 4.99 Å². The molecule has 3 heterocycles. The van der Waals surface area contributed by atoms with E-state index in [1.807, 2.05) is 24.3 Å². The average molecular weight is 441 g/mol. The molecule has 2 aromatic rings. The van der Waals surface area contributed by atoms with Crippen molar-refractivity contribution in [2.45, 2.75) is 38.1 Å². The fraction of sp³-hybridized carbons (Fsp3) is 0.500. The molecule has 10 heteroatoms. The fourth-order valence-electron chi connectivity index (χ4n) is 4.36. The number of rotatable bonds is 6. The van der Waals surface area contributed by atoms with Crippen molar-refractivity contribution in [3.63, 3.8) is 0 Å². The van der Waals surface area contributed by atoms with Crippen molar-refractivity contribution in [3.05, 3.63) is 40.6 Å². The monoisotopic (exact) mass is 440 g/mol. The predicted molar refractivity (Wildman–Crippen MR) is 121 cm³/mol. The third-order valence-electron chi connectivity index (χ3n) is 5.99. The summed E-state index contributed by atoms with van der Waals surface area (Å²) in [5, 5.41) is 15.3. The Morgan fingerprint density at radius 2 is 1.97 bits per heavy atom. The highest BCUT2D eigenvalue weighted by Crippen LogP contribution is 2.22. The fourth-order valence-corrected chi connectivity index (χ4v) is 4.36. The molecule has 1 atom stereocenters. The molecule has 0 unspecified atom stereocenters. The predicted octanol–water partition coefficient (Wildman–Crippen LogP) is 2.26. The Hall–Kier alpha value is -3.43. The van der Waals surface area contributed by atoms with E-state index < -0.39 is 17.5 Å². The van der Waals surface area contributed by atoms with Gasteiger partial charge in [0, 0.05) is 36.1 Å². The number of likely N-dealkylation sites (tertiary alicyclic amines) is 2. The lowest BCUT2D eigenvalue weighted by Crippen LogP contribution is -2.45. The van der Waals surface area contributed by atoms with Crippen LogP contribution in [-0.4, -0.2) is 76.1 Å². The number of aromatic nitrogens is 1. The van der Waals surface area contributed by atoms with Crippen LogP contribution in [0.25, 0.3) is 10.9 Å². The van der Waals surface area contributed by atoms with Crippen molar-refractivity contribution in [3.8, 4) is 0 Å². The molecule has 1 aromatic heterocycles. The van der Waals surface area contributed by atoms with Crippen LogP contribution in [0.4, 0.5) is 5.69 Å².